The Labute approximate surface area is 145 Å². The van der Waals surface area contributed by atoms with Crippen molar-refractivity contribution in [2.24, 2.45) is 0 Å². The molecule has 0 saturated heterocycles. The van der Waals surface area contributed by atoms with Crippen molar-refractivity contribution in [3.8, 4) is 0 Å². The summed E-state index contributed by atoms with van der Waals surface area (Å²) in [5.41, 5.74) is 2.63. The van der Waals surface area contributed by atoms with Gasteiger partial charge in [0.25, 0.3) is 5.91 Å². The third kappa shape index (κ3) is 5.34. The van der Waals surface area contributed by atoms with Gasteiger partial charge in [-0.3, -0.25) is 4.79 Å². The molecule has 2 rings (SSSR count). The van der Waals surface area contributed by atoms with Gasteiger partial charge < -0.3 is 15.5 Å². The van der Waals surface area contributed by atoms with Gasteiger partial charge in [-0.05, 0) is 31.0 Å². The molecule has 1 aromatic heterocycles. The zero-order chi connectivity index (χ0) is 17.5. The van der Waals surface area contributed by atoms with E-state index in [4.69, 9.17) is 0 Å². The van der Waals surface area contributed by atoms with E-state index in [-0.39, 0.29) is 11.9 Å². The fourth-order valence-corrected chi connectivity index (χ4v) is 2.85. The molecule has 0 radical (unpaired) electrons. The van der Waals surface area contributed by atoms with Crippen LogP contribution in [0.25, 0.3) is 0 Å². The number of aromatic nitrogens is 1. The number of rotatable bonds is 6. The number of nitrogens with zero attached hydrogens (tertiary/aromatic N) is 2. The first-order chi connectivity index (χ1) is 11.5. The van der Waals surface area contributed by atoms with Crippen molar-refractivity contribution in [3.63, 3.8) is 0 Å². The average Bonchev–Trinajstić information content (AvgIpc) is 2.98. The molecule has 0 spiro atoms. The summed E-state index contributed by atoms with van der Waals surface area (Å²) in [7, 11) is 3.45. The maximum atomic E-state index is 11.9. The number of carbonyl (C=O) groups excluding carboxylic acids is 2. The highest BCUT2D eigenvalue weighted by Gasteiger charge is 2.08. The van der Waals surface area contributed by atoms with Crippen molar-refractivity contribution in [2.45, 2.75) is 19.9 Å². The Bertz CT molecular complexity index is 712. The maximum Gasteiger partial charge on any atom is 0.315 e. The van der Waals surface area contributed by atoms with Crippen LogP contribution in [-0.2, 0) is 13.0 Å². The molecule has 2 N–H and O–H groups in total. The van der Waals surface area contributed by atoms with E-state index in [1.807, 2.05) is 30.5 Å². The molecule has 0 bridgehead atoms. The summed E-state index contributed by atoms with van der Waals surface area (Å²) in [5.74, 6) is -0.0266. The molecule has 1 heterocycles. The number of urea groups is 1. The maximum absolute atomic E-state index is 11.9. The first-order valence-corrected chi connectivity index (χ1v) is 8.57. The highest BCUT2D eigenvalue weighted by molar-refractivity contribution is 7.09. The van der Waals surface area contributed by atoms with Crippen molar-refractivity contribution in [3.05, 3.63) is 51.5 Å². The third-order valence-electron chi connectivity index (χ3n) is 3.35. The molecule has 3 amide bonds. The number of nitrogens with one attached hydrogen (secondary N) is 2. The van der Waals surface area contributed by atoms with Crippen LogP contribution in [0.15, 0.2) is 29.6 Å². The van der Waals surface area contributed by atoms with Gasteiger partial charge in [0.05, 0.1) is 6.54 Å². The highest BCUT2D eigenvalue weighted by Crippen LogP contribution is 2.08. The lowest BCUT2D eigenvalue weighted by molar-refractivity contribution is 0.0827. The lowest BCUT2D eigenvalue weighted by Crippen LogP contribution is -2.36. The van der Waals surface area contributed by atoms with E-state index in [0.717, 1.165) is 16.3 Å². The molecule has 1 aromatic carbocycles. The van der Waals surface area contributed by atoms with Crippen LogP contribution < -0.4 is 10.6 Å². The smallest absolute Gasteiger partial charge is 0.315 e. The van der Waals surface area contributed by atoms with Gasteiger partial charge in [-0.15, -0.1) is 11.3 Å². The molecule has 128 valence electrons. The van der Waals surface area contributed by atoms with Gasteiger partial charge in [0.1, 0.15) is 5.01 Å². The molecule has 7 heteroatoms. The van der Waals surface area contributed by atoms with Crippen LogP contribution in [0.2, 0.25) is 0 Å². The molecule has 0 fully saturated rings. The van der Waals surface area contributed by atoms with Gasteiger partial charge in [0, 0.05) is 37.3 Å². The predicted octanol–water partition coefficient (Wildman–Crippen LogP) is 2.20. The SMILES string of the molecule is Cc1csc(CNC(=O)NCCc2cccc(C(=O)N(C)C)c2)n1. The predicted molar refractivity (Wildman–Crippen MR) is 95.3 cm³/mol. The van der Waals surface area contributed by atoms with Crippen molar-refractivity contribution in [1.29, 1.82) is 0 Å². The van der Waals surface area contributed by atoms with Crippen molar-refractivity contribution in [1.82, 2.24) is 20.5 Å². The van der Waals surface area contributed by atoms with Crippen molar-refractivity contribution < 1.29 is 9.59 Å². The van der Waals surface area contributed by atoms with Gasteiger partial charge in [-0.1, -0.05) is 12.1 Å². The van der Waals surface area contributed by atoms with Crippen LogP contribution >= 0.6 is 11.3 Å². The van der Waals surface area contributed by atoms with Crippen LogP contribution in [0.5, 0.6) is 0 Å². The third-order valence-corrected chi connectivity index (χ3v) is 4.31. The second-order valence-corrected chi connectivity index (χ2v) is 6.58. The van der Waals surface area contributed by atoms with Crippen LogP contribution in [0, 0.1) is 6.92 Å². The number of amides is 3. The Balaban J connectivity index is 1.76. The Morgan fingerprint density at radius 3 is 2.71 bits per heavy atom. The molecular formula is C17H22N4O2S. The largest absolute Gasteiger partial charge is 0.345 e. The number of carbonyl (C=O) groups is 2. The second-order valence-electron chi connectivity index (χ2n) is 5.64. The monoisotopic (exact) mass is 346 g/mol. The van der Waals surface area contributed by atoms with Crippen LogP contribution in [-0.4, -0.2) is 42.5 Å². The standard InChI is InChI=1S/C17H22N4O2S/c1-12-11-24-15(20-12)10-19-17(23)18-8-7-13-5-4-6-14(9-13)16(22)21(2)3/h4-6,9,11H,7-8,10H2,1-3H3,(H2,18,19,23). The summed E-state index contributed by atoms with van der Waals surface area (Å²) in [5, 5.41) is 8.43. The number of hydrogen-bond acceptors (Lipinski definition) is 4. The van der Waals surface area contributed by atoms with E-state index in [2.05, 4.69) is 15.6 Å². The summed E-state index contributed by atoms with van der Waals surface area (Å²) in [6.07, 6.45) is 0.665. The van der Waals surface area contributed by atoms with E-state index in [9.17, 15) is 9.59 Å². The molecule has 0 aliphatic rings. The summed E-state index contributed by atoms with van der Waals surface area (Å²) >= 11 is 1.53. The molecule has 0 saturated carbocycles. The second kappa shape index (κ2) is 8.44. The molecule has 24 heavy (non-hydrogen) atoms. The zero-order valence-corrected chi connectivity index (χ0v) is 14.9. The van der Waals surface area contributed by atoms with Gasteiger partial charge in [-0.2, -0.15) is 0 Å². The molecule has 0 aliphatic carbocycles. The number of benzene rings is 1. The van der Waals surface area contributed by atoms with Gasteiger partial charge in [-0.25, -0.2) is 9.78 Å². The van der Waals surface area contributed by atoms with E-state index in [0.29, 0.717) is 25.1 Å². The molecule has 0 atom stereocenters. The Morgan fingerprint density at radius 1 is 1.25 bits per heavy atom. The minimum Gasteiger partial charge on any atom is -0.345 e. The van der Waals surface area contributed by atoms with Gasteiger partial charge in [0.15, 0.2) is 0 Å². The minimum absolute atomic E-state index is 0.0266. The molecule has 6 nitrogen and oxygen atoms in total. The normalized spacial score (nSPS) is 10.3. The van der Waals surface area contributed by atoms with Gasteiger partial charge in [0.2, 0.25) is 0 Å². The van der Waals surface area contributed by atoms with Crippen molar-refractivity contribution in [2.75, 3.05) is 20.6 Å². The summed E-state index contributed by atoms with van der Waals surface area (Å²) in [6, 6.07) is 7.24. The average molecular weight is 346 g/mol. The Morgan fingerprint density at radius 2 is 2.04 bits per heavy atom. The van der Waals surface area contributed by atoms with E-state index in [1.54, 1.807) is 25.1 Å². The highest BCUT2D eigenvalue weighted by atomic mass is 32.1. The Kier molecular flexibility index (Phi) is 6.31. The molecular weight excluding hydrogens is 324 g/mol. The van der Waals surface area contributed by atoms with Gasteiger partial charge >= 0.3 is 6.03 Å². The fourth-order valence-electron chi connectivity index (χ4n) is 2.14. The zero-order valence-electron chi connectivity index (χ0n) is 14.1. The topological polar surface area (TPSA) is 74.3 Å². The van der Waals surface area contributed by atoms with Crippen molar-refractivity contribution >= 4 is 23.3 Å². The quantitative estimate of drug-likeness (QED) is 0.842. The number of aryl methyl sites for hydroxylation is 1. The number of thiazole rings is 1. The Hall–Kier alpha value is -2.41. The summed E-state index contributed by atoms with van der Waals surface area (Å²) in [4.78, 5) is 29.6. The van der Waals surface area contributed by atoms with Crippen LogP contribution in [0.3, 0.4) is 0 Å². The van der Waals surface area contributed by atoms with E-state index < -0.39 is 0 Å². The first kappa shape index (κ1) is 17.9. The lowest BCUT2D eigenvalue weighted by atomic mass is 10.1. The first-order valence-electron chi connectivity index (χ1n) is 7.69. The van der Waals surface area contributed by atoms with E-state index >= 15 is 0 Å². The van der Waals surface area contributed by atoms with E-state index in [1.165, 1.54) is 11.3 Å². The summed E-state index contributed by atoms with van der Waals surface area (Å²) in [6.45, 7) is 2.86. The van der Waals surface area contributed by atoms with Crippen LogP contribution in [0.1, 0.15) is 26.6 Å². The number of hydrogen-bond donors (Lipinski definition) is 2. The summed E-state index contributed by atoms with van der Waals surface area (Å²) < 4.78 is 0. The van der Waals surface area contributed by atoms with Crippen LogP contribution in [0.4, 0.5) is 4.79 Å². The molecule has 0 aliphatic heterocycles. The molecule has 2 aromatic rings. The fraction of sp³-hybridized carbons (Fsp3) is 0.353. The molecule has 0 unspecified atom stereocenters. The lowest BCUT2D eigenvalue weighted by Gasteiger charge is -2.11. The minimum atomic E-state index is -0.219.